The van der Waals surface area contributed by atoms with E-state index in [1.54, 1.807) is 0 Å². The van der Waals surface area contributed by atoms with Gasteiger partial charge >= 0.3 is 0 Å². The lowest BCUT2D eigenvalue weighted by molar-refractivity contribution is 0.655. The van der Waals surface area contributed by atoms with Crippen molar-refractivity contribution in [3.05, 3.63) is 166 Å². The van der Waals surface area contributed by atoms with E-state index in [1.165, 1.54) is 105 Å². The van der Waals surface area contributed by atoms with Crippen LogP contribution in [0.25, 0.3) is 66.1 Å². The van der Waals surface area contributed by atoms with E-state index in [0.29, 0.717) is 11.8 Å². The van der Waals surface area contributed by atoms with E-state index in [4.69, 9.17) is 0 Å². The van der Waals surface area contributed by atoms with Gasteiger partial charge < -0.3 is 0 Å². The van der Waals surface area contributed by atoms with Gasteiger partial charge in [-0.05, 0) is 138 Å². The molecular formula is C47H34. The van der Waals surface area contributed by atoms with Crippen molar-refractivity contribution in [3.63, 3.8) is 0 Å². The highest BCUT2D eigenvalue weighted by Gasteiger charge is 2.45. The second kappa shape index (κ2) is 9.43. The van der Waals surface area contributed by atoms with Gasteiger partial charge in [0.15, 0.2) is 0 Å². The summed E-state index contributed by atoms with van der Waals surface area (Å²) in [6.45, 7) is 2.31. The van der Waals surface area contributed by atoms with E-state index >= 15 is 0 Å². The molecule has 0 aromatic heterocycles. The maximum absolute atomic E-state index is 2.62. The van der Waals surface area contributed by atoms with Gasteiger partial charge in [0.25, 0.3) is 0 Å². The zero-order chi connectivity index (χ0) is 30.8. The van der Waals surface area contributed by atoms with E-state index in [0.717, 1.165) is 25.7 Å². The number of benzene rings is 5. The molecule has 5 aromatic rings. The molecule has 2 unspecified atom stereocenters. The summed E-state index contributed by atoms with van der Waals surface area (Å²) in [5, 5.41) is 5.63. The Balaban J connectivity index is 1.40. The molecule has 0 N–H and O–H groups in total. The van der Waals surface area contributed by atoms with Gasteiger partial charge in [-0.3, -0.25) is 0 Å². The lowest BCUT2D eigenvalue weighted by Crippen LogP contribution is -2.22. The summed E-state index contributed by atoms with van der Waals surface area (Å²) in [4.78, 5) is 0. The third-order valence-electron chi connectivity index (χ3n) is 11.7. The molecule has 6 aliphatic rings. The number of fused-ring (bicyclic) bond motifs is 8. The van der Waals surface area contributed by atoms with Crippen LogP contribution in [0, 0.1) is 11.8 Å². The Morgan fingerprint density at radius 2 is 1.32 bits per heavy atom. The molecule has 0 spiro atoms. The van der Waals surface area contributed by atoms with Gasteiger partial charge in [-0.15, -0.1) is 0 Å². The zero-order valence-corrected chi connectivity index (χ0v) is 26.6. The van der Waals surface area contributed by atoms with Gasteiger partial charge in [0.2, 0.25) is 0 Å². The summed E-state index contributed by atoms with van der Waals surface area (Å²) in [6.07, 6.45) is 21.8. The first-order chi connectivity index (χ1) is 23.3. The Labute approximate surface area is 276 Å². The molecular weight excluding hydrogens is 565 g/mol. The highest BCUT2D eigenvalue weighted by atomic mass is 14.5. The Morgan fingerprint density at radius 1 is 0.596 bits per heavy atom. The molecule has 0 heteroatoms. The number of allylic oxidation sites excluding steroid dienone is 14. The van der Waals surface area contributed by atoms with E-state index in [-0.39, 0.29) is 0 Å². The lowest BCUT2D eigenvalue weighted by Gasteiger charge is -2.35. The summed E-state index contributed by atoms with van der Waals surface area (Å²) in [5.41, 5.74) is 21.6. The van der Waals surface area contributed by atoms with Crippen molar-refractivity contribution in [1.29, 1.82) is 0 Å². The van der Waals surface area contributed by atoms with Crippen LogP contribution >= 0.6 is 0 Å². The minimum absolute atomic E-state index is 0.337. The van der Waals surface area contributed by atoms with Crippen LogP contribution in [0.5, 0.6) is 0 Å². The van der Waals surface area contributed by atoms with E-state index < -0.39 is 0 Å². The minimum Gasteiger partial charge on any atom is -0.0839 e. The van der Waals surface area contributed by atoms with Crippen molar-refractivity contribution in [2.45, 2.75) is 32.6 Å². The smallest absolute Gasteiger partial charge is 0.0206 e. The molecule has 47 heavy (non-hydrogen) atoms. The van der Waals surface area contributed by atoms with Gasteiger partial charge in [-0.1, -0.05) is 127 Å². The van der Waals surface area contributed by atoms with E-state index in [1.807, 2.05) is 0 Å². The van der Waals surface area contributed by atoms with Crippen molar-refractivity contribution >= 4 is 43.8 Å². The van der Waals surface area contributed by atoms with E-state index in [2.05, 4.69) is 134 Å². The molecule has 0 heterocycles. The van der Waals surface area contributed by atoms with Crippen molar-refractivity contribution in [1.82, 2.24) is 0 Å². The molecule has 6 aliphatic carbocycles. The molecule has 222 valence electrons. The maximum atomic E-state index is 2.62. The highest BCUT2D eigenvalue weighted by Crippen LogP contribution is 2.63. The summed E-state index contributed by atoms with van der Waals surface area (Å²) in [6, 6.07) is 32.3. The molecule has 0 saturated carbocycles. The molecule has 0 bridgehead atoms. The largest absolute Gasteiger partial charge is 0.0839 e. The third-order valence-corrected chi connectivity index (χ3v) is 11.7. The predicted molar refractivity (Wildman–Crippen MR) is 200 cm³/mol. The first kappa shape index (κ1) is 25.9. The standard InChI is InChI=1S/C47H34/c1-27-23-36-31-18-9-8-17-30(31)25-39-44(36)38(24-27)46-41(28-13-4-2-5-14-28)40-26-37-33-20-11-10-19-32(33)34-21-12-22-35(43(34)37)45(40)42(47(39)46)29-15-6-3-7-16-29/h2-7,9-10,12-16,18-19,21-26,36,44H,8,11,17,20H2,1H3. The molecule has 2 atom stereocenters. The molecule has 0 saturated heterocycles. The average Bonchev–Trinajstić information content (AvgIpc) is 3.62. The van der Waals surface area contributed by atoms with Gasteiger partial charge in [0, 0.05) is 11.8 Å². The quantitative estimate of drug-likeness (QED) is 0.177. The minimum atomic E-state index is 0.337. The average molecular weight is 599 g/mol. The highest BCUT2D eigenvalue weighted by molar-refractivity contribution is 6.30. The van der Waals surface area contributed by atoms with Crippen LogP contribution in [0.4, 0.5) is 0 Å². The van der Waals surface area contributed by atoms with Crippen LogP contribution in [0.1, 0.15) is 54.9 Å². The summed E-state index contributed by atoms with van der Waals surface area (Å²) in [7, 11) is 0. The fraction of sp³-hybridized carbons (Fsp3) is 0.149. The van der Waals surface area contributed by atoms with Crippen LogP contribution < -0.4 is 0 Å². The van der Waals surface area contributed by atoms with Crippen LogP contribution in [-0.2, 0) is 0 Å². The molecule has 0 aliphatic heterocycles. The zero-order valence-electron chi connectivity index (χ0n) is 26.6. The topological polar surface area (TPSA) is 0 Å². The van der Waals surface area contributed by atoms with Gasteiger partial charge in [-0.25, -0.2) is 0 Å². The van der Waals surface area contributed by atoms with Crippen LogP contribution in [0.2, 0.25) is 0 Å². The fourth-order valence-corrected chi connectivity index (χ4v) is 10.00. The number of hydrogen-bond donors (Lipinski definition) is 0. The SMILES string of the molecule is CC1=CC2C3=C(C=C4c5c(c(-c6ccccc6)c6cc7c8c(cccc8c6c5-c5ccccc5)C5=C7CCC=C5)C(=C1)C42)CCC=C3. The Kier molecular flexibility index (Phi) is 5.20. The van der Waals surface area contributed by atoms with Crippen LogP contribution in [0.15, 0.2) is 144 Å². The van der Waals surface area contributed by atoms with Crippen LogP contribution in [-0.4, -0.2) is 0 Å². The van der Waals surface area contributed by atoms with Crippen molar-refractivity contribution in [3.8, 4) is 22.3 Å². The number of rotatable bonds is 2. The lowest BCUT2D eigenvalue weighted by atomic mass is 9.68. The predicted octanol–water partition coefficient (Wildman–Crippen LogP) is 12.5. The van der Waals surface area contributed by atoms with Crippen molar-refractivity contribution < 1.29 is 0 Å². The van der Waals surface area contributed by atoms with Crippen LogP contribution in [0.3, 0.4) is 0 Å². The van der Waals surface area contributed by atoms with Gasteiger partial charge in [0.05, 0.1) is 0 Å². The van der Waals surface area contributed by atoms with E-state index in [9.17, 15) is 0 Å². The second-order valence-electron chi connectivity index (χ2n) is 14.2. The normalized spacial score (nSPS) is 21.4. The first-order valence-corrected chi connectivity index (χ1v) is 17.4. The third kappa shape index (κ3) is 3.38. The molecule has 5 aromatic carbocycles. The first-order valence-electron chi connectivity index (χ1n) is 17.4. The Hall–Kier alpha value is -5.20. The Bertz CT molecular complexity index is 2480. The molecule has 0 amide bonds. The monoisotopic (exact) mass is 598 g/mol. The number of hydrogen-bond acceptors (Lipinski definition) is 0. The molecule has 0 nitrogen and oxygen atoms in total. The molecule has 0 fully saturated rings. The van der Waals surface area contributed by atoms with Crippen molar-refractivity contribution in [2.75, 3.05) is 0 Å². The van der Waals surface area contributed by atoms with Gasteiger partial charge in [-0.2, -0.15) is 0 Å². The Morgan fingerprint density at radius 3 is 2.15 bits per heavy atom. The molecule has 11 rings (SSSR count). The van der Waals surface area contributed by atoms with Crippen molar-refractivity contribution in [2.24, 2.45) is 11.8 Å². The maximum Gasteiger partial charge on any atom is 0.0206 e. The second-order valence-corrected chi connectivity index (χ2v) is 14.2. The summed E-state index contributed by atoms with van der Waals surface area (Å²) in [5.74, 6) is 0.716. The van der Waals surface area contributed by atoms with Gasteiger partial charge in [0.1, 0.15) is 0 Å². The summed E-state index contributed by atoms with van der Waals surface area (Å²) >= 11 is 0. The fourth-order valence-electron chi connectivity index (χ4n) is 10.00. The summed E-state index contributed by atoms with van der Waals surface area (Å²) < 4.78 is 0. The molecule has 0 radical (unpaired) electrons.